The van der Waals surface area contributed by atoms with Gasteiger partial charge in [-0.15, -0.1) is 11.3 Å². The van der Waals surface area contributed by atoms with Crippen LogP contribution in [0.2, 0.25) is 0 Å². The summed E-state index contributed by atoms with van der Waals surface area (Å²) < 4.78 is 5.29. The molecule has 0 aliphatic heterocycles. The van der Waals surface area contributed by atoms with E-state index in [2.05, 4.69) is 0 Å². The molecule has 1 aromatic rings. The predicted molar refractivity (Wildman–Crippen MR) is 87.2 cm³/mol. The molecular formula is C16H25NO4S. The van der Waals surface area contributed by atoms with Crippen molar-refractivity contribution in [1.82, 2.24) is 4.90 Å². The minimum Gasteiger partial charge on any atom is -0.481 e. The molecule has 1 N–H and O–H groups in total. The number of hydrogen-bond acceptors (Lipinski definition) is 4. The molecule has 1 amide bonds. The minimum absolute atomic E-state index is 0.0218. The van der Waals surface area contributed by atoms with Gasteiger partial charge in [-0.2, -0.15) is 0 Å². The summed E-state index contributed by atoms with van der Waals surface area (Å²) in [5.74, 6) is -1.47. The van der Waals surface area contributed by atoms with Crippen molar-refractivity contribution in [2.45, 2.75) is 33.6 Å². The van der Waals surface area contributed by atoms with Gasteiger partial charge in [0.05, 0.1) is 12.3 Å². The lowest BCUT2D eigenvalue weighted by Crippen LogP contribution is -2.38. The second-order valence-corrected chi connectivity index (χ2v) is 6.69. The van der Waals surface area contributed by atoms with Gasteiger partial charge >= 0.3 is 5.97 Å². The molecule has 0 aliphatic carbocycles. The zero-order valence-corrected chi connectivity index (χ0v) is 14.3. The van der Waals surface area contributed by atoms with E-state index in [1.165, 1.54) is 4.88 Å². The molecule has 0 aromatic carbocycles. The Labute approximate surface area is 135 Å². The first-order valence-electron chi connectivity index (χ1n) is 7.57. The van der Waals surface area contributed by atoms with Gasteiger partial charge in [0.25, 0.3) is 0 Å². The monoisotopic (exact) mass is 327 g/mol. The van der Waals surface area contributed by atoms with Crippen molar-refractivity contribution in [3.63, 3.8) is 0 Å². The Balaban J connectivity index is 2.61. The van der Waals surface area contributed by atoms with Gasteiger partial charge in [0, 0.05) is 36.1 Å². The summed E-state index contributed by atoms with van der Waals surface area (Å²) in [6.07, 6.45) is 1.05. The van der Waals surface area contributed by atoms with Gasteiger partial charge in [0.1, 0.15) is 0 Å². The Morgan fingerprint density at radius 3 is 2.68 bits per heavy atom. The van der Waals surface area contributed by atoms with E-state index in [1.54, 1.807) is 23.2 Å². The summed E-state index contributed by atoms with van der Waals surface area (Å²) in [4.78, 5) is 27.3. The van der Waals surface area contributed by atoms with Crippen LogP contribution in [-0.2, 0) is 20.7 Å². The number of amides is 1. The molecule has 0 bridgehead atoms. The number of aliphatic carboxylic acids is 1. The van der Waals surface area contributed by atoms with Crippen LogP contribution < -0.4 is 0 Å². The quantitative estimate of drug-likeness (QED) is 0.671. The Morgan fingerprint density at radius 1 is 1.41 bits per heavy atom. The molecule has 0 saturated heterocycles. The number of rotatable bonds is 10. The summed E-state index contributed by atoms with van der Waals surface area (Å²) in [7, 11) is 0. The van der Waals surface area contributed by atoms with Gasteiger partial charge < -0.3 is 14.7 Å². The Bertz CT molecular complexity index is 486. The smallest absolute Gasteiger partial charge is 0.308 e. The molecule has 124 valence electrons. The average Bonchev–Trinajstić information content (AvgIpc) is 2.86. The first kappa shape index (κ1) is 18.6. The van der Waals surface area contributed by atoms with E-state index in [0.29, 0.717) is 26.2 Å². The van der Waals surface area contributed by atoms with Crippen LogP contribution in [0.25, 0.3) is 0 Å². The molecule has 1 aromatic heterocycles. The van der Waals surface area contributed by atoms with Crippen LogP contribution in [0.1, 0.15) is 30.0 Å². The number of aryl methyl sites for hydroxylation is 1. The Hall–Kier alpha value is -1.40. The van der Waals surface area contributed by atoms with Gasteiger partial charge in [-0.1, -0.05) is 6.92 Å². The fraction of sp³-hybridized carbons (Fsp3) is 0.625. The summed E-state index contributed by atoms with van der Waals surface area (Å²) in [6.45, 7) is 7.55. The van der Waals surface area contributed by atoms with Crippen LogP contribution in [0, 0.1) is 12.8 Å². The molecular weight excluding hydrogens is 302 g/mol. The van der Waals surface area contributed by atoms with E-state index in [1.807, 2.05) is 26.0 Å². The highest BCUT2D eigenvalue weighted by Gasteiger charge is 2.20. The number of carboxylic acid groups (broad SMARTS) is 1. The summed E-state index contributed by atoms with van der Waals surface area (Å²) in [5.41, 5.74) is 0. The first-order chi connectivity index (χ1) is 10.4. The van der Waals surface area contributed by atoms with Crippen molar-refractivity contribution >= 4 is 23.2 Å². The minimum atomic E-state index is -0.880. The van der Waals surface area contributed by atoms with Crippen LogP contribution in [0.4, 0.5) is 0 Å². The van der Waals surface area contributed by atoms with Crippen LogP contribution in [0.3, 0.4) is 0 Å². The van der Waals surface area contributed by atoms with Gasteiger partial charge in [-0.05, 0) is 32.4 Å². The number of carbonyl (C=O) groups excluding carboxylic acids is 1. The SMILES string of the molecule is CCOCCCN(CC(C)C(=O)O)C(=O)Cc1ccc(C)s1. The number of nitrogens with zero attached hydrogens (tertiary/aromatic N) is 1. The average molecular weight is 327 g/mol. The number of thiophene rings is 1. The summed E-state index contributed by atoms with van der Waals surface area (Å²) >= 11 is 1.60. The molecule has 0 fully saturated rings. The lowest BCUT2D eigenvalue weighted by Gasteiger charge is -2.24. The fourth-order valence-corrected chi connectivity index (χ4v) is 2.95. The standard InChI is InChI=1S/C16H25NO4S/c1-4-21-9-5-8-17(11-12(2)16(19)20)15(18)10-14-7-6-13(3)22-14/h6-7,12H,4-5,8-11H2,1-3H3,(H,19,20). The van der Waals surface area contributed by atoms with Crippen LogP contribution >= 0.6 is 11.3 Å². The lowest BCUT2D eigenvalue weighted by molar-refractivity contribution is -0.143. The second-order valence-electron chi connectivity index (χ2n) is 5.32. The van der Waals surface area contributed by atoms with Crippen molar-refractivity contribution in [1.29, 1.82) is 0 Å². The predicted octanol–water partition coefficient (Wildman–Crippen LogP) is 2.57. The van der Waals surface area contributed by atoms with E-state index >= 15 is 0 Å². The molecule has 1 rings (SSSR count). The third-order valence-corrected chi connectivity index (χ3v) is 4.31. The van der Waals surface area contributed by atoms with Crippen molar-refractivity contribution in [2.75, 3.05) is 26.3 Å². The number of carbonyl (C=O) groups is 2. The zero-order valence-electron chi connectivity index (χ0n) is 13.5. The van der Waals surface area contributed by atoms with E-state index in [4.69, 9.17) is 9.84 Å². The third kappa shape index (κ3) is 6.58. The zero-order chi connectivity index (χ0) is 16.5. The number of carboxylic acids is 1. The van der Waals surface area contributed by atoms with Crippen molar-refractivity contribution in [3.8, 4) is 0 Å². The summed E-state index contributed by atoms with van der Waals surface area (Å²) in [6, 6.07) is 3.95. The van der Waals surface area contributed by atoms with E-state index in [0.717, 1.165) is 11.3 Å². The number of ether oxygens (including phenoxy) is 1. The van der Waals surface area contributed by atoms with Gasteiger partial charge in [0.2, 0.25) is 5.91 Å². The van der Waals surface area contributed by atoms with E-state index in [9.17, 15) is 9.59 Å². The van der Waals surface area contributed by atoms with Gasteiger partial charge in [0.15, 0.2) is 0 Å². The van der Waals surface area contributed by atoms with Crippen LogP contribution in [0.15, 0.2) is 12.1 Å². The number of hydrogen-bond donors (Lipinski definition) is 1. The largest absolute Gasteiger partial charge is 0.481 e. The van der Waals surface area contributed by atoms with Crippen molar-refractivity contribution < 1.29 is 19.4 Å². The second kappa shape index (κ2) is 9.58. The molecule has 0 aliphatic rings. The molecule has 1 unspecified atom stereocenters. The fourth-order valence-electron chi connectivity index (χ4n) is 2.07. The van der Waals surface area contributed by atoms with Crippen LogP contribution in [0.5, 0.6) is 0 Å². The maximum absolute atomic E-state index is 12.4. The van der Waals surface area contributed by atoms with E-state index < -0.39 is 11.9 Å². The van der Waals surface area contributed by atoms with Crippen molar-refractivity contribution in [2.24, 2.45) is 5.92 Å². The Morgan fingerprint density at radius 2 is 2.14 bits per heavy atom. The lowest BCUT2D eigenvalue weighted by atomic mass is 10.1. The van der Waals surface area contributed by atoms with E-state index in [-0.39, 0.29) is 12.5 Å². The molecule has 6 heteroatoms. The molecule has 0 saturated carbocycles. The Kier molecular flexibility index (Phi) is 8.12. The maximum Gasteiger partial charge on any atom is 0.308 e. The third-order valence-electron chi connectivity index (χ3n) is 3.31. The molecule has 1 heterocycles. The molecule has 22 heavy (non-hydrogen) atoms. The molecule has 5 nitrogen and oxygen atoms in total. The highest BCUT2D eigenvalue weighted by molar-refractivity contribution is 7.12. The molecule has 0 spiro atoms. The molecule has 0 radical (unpaired) electrons. The highest BCUT2D eigenvalue weighted by Crippen LogP contribution is 2.17. The van der Waals surface area contributed by atoms with Gasteiger partial charge in [-0.25, -0.2) is 0 Å². The van der Waals surface area contributed by atoms with Crippen LogP contribution in [-0.4, -0.2) is 48.2 Å². The normalized spacial score (nSPS) is 12.1. The first-order valence-corrected chi connectivity index (χ1v) is 8.39. The highest BCUT2D eigenvalue weighted by atomic mass is 32.1. The van der Waals surface area contributed by atoms with Gasteiger partial charge in [-0.3, -0.25) is 9.59 Å². The maximum atomic E-state index is 12.4. The topological polar surface area (TPSA) is 66.8 Å². The van der Waals surface area contributed by atoms with Crippen molar-refractivity contribution in [3.05, 3.63) is 21.9 Å². The molecule has 1 atom stereocenters. The summed E-state index contributed by atoms with van der Waals surface area (Å²) in [5, 5.41) is 9.05.